The van der Waals surface area contributed by atoms with Crippen molar-refractivity contribution in [3.8, 4) is 0 Å². The van der Waals surface area contributed by atoms with E-state index in [0.717, 1.165) is 0 Å². The quantitative estimate of drug-likeness (QED) is 0.495. The fourth-order valence-corrected chi connectivity index (χ4v) is 1.60. The summed E-state index contributed by atoms with van der Waals surface area (Å²) in [5, 5.41) is 10.7. The predicted octanol–water partition coefficient (Wildman–Crippen LogP) is 2.25. The van der Waals surface area contributed by atoms with Gasteiger partial charge in [-0.1, -0.05) is 6.07 Å². The highest BCUT2D eigenvalue weighted by molar-refractivity contribution is 6.17. The lowest BCUT2D eigenvalue weighted by atomic mass is 10.3. The summed E-state index contributed by atoms with van der Waals surface area (Å²) in [6, 6.07) is 4.82. The van der Waals surface area contributed by atoms with Crippen LogP contribution in [-0.4, -0.2) is 20.8 Å². The number of aryl methyl sites for hydroxylation is 1. The zero-order valence-corrected chi connectivity index (χ0v) is 8.49. The van der Waals surface area contributed by atoms with Crippen LogP contribution in [0.1, 0.15) is 5.82 Å². The van der Waals surface area contributed by atoms with Gasteiger partial charge in [0.15, 0.2) is 5.52 Å². The number of rotatable bonds is 3. The lowest BCUT2D eigenvalue weighted by Gasteiger charge is -1.90. The number of hydrogen-bond donors (Lipinski definition) is 1. The topological polar surface area (TPSA) is 71.8 Å². The number of nitro benzene ring substituents is 1. The number of halogens is 1. The van der Waals surface area contributed by atoms with Gasteiger partial charge in [-0.25, -0.2) is 4.98 Å². The number of para-hydroxylation sites is 1. The minimum atomic E-state index is -0.437. The lowest BCUT2D eigenvalue weighted by molar-refractivity contribution is -0.383. The third-order valence-electron chi connectivity index (χ3n) is 2.07. The Labute approximate surface area is 90.2 Å². The predicted molar refractivity (Wildman–Crippen MR) is 57.2 cm³/mol. The molecular weight excluding hydrogens is 218 g/mol. The standard InChI is InChI=1S/C9H8ClN3O2/c10-5-4-8-11-6-2-1-3-7(13(14)15)9(6)12-8/h1-3H,4-5H2,(H,11,12). The van der Waals surface area contributed by atoms with E-state index in [-0.39, 0.29) is 5.69 Å². The Bertz CT molecular complexity index is 509. The Balaban J connectivity index is 2.59. The Morgan fingerprint density at radius 1 is 1.53 bits per heavy atom. The first-order chi connectivity index (χ1) is 7.22. The van der Waals surface area contributed by atoms with E-state index in [9.17, 15) is 10.1 Å². The van der Waals surface area contributed by atoms with Crippen LogP contribution >= 0.6 is 11.6 Å². The highest BCUT2D eigenvalue weighted by atomic mass is 35.5. The van der Waals surface area contributed by atoms with E-state index in [1.165, 1.54) is 6.07 Å². The number of non-ortho nitro benzene ring substituents is 1. The average Bonchev–Trinajstić information content (AvgIpc) is 2.59. The molecule has 0 spiro atoms. The van der Waals surface area contributed by atoms with Crippen molar-refractivity contribution >= 4 is 28.3 Å². The normalized spacial score (nSPS) is 10.7. The Morgan fingerprint density at radius 2 is 2.33 bits per heavy atom. The van der Waals surface area contributed by atoms with Gasteiger partial charge in [0.1, 0.15) is 5.82 Å². The van der Waals surface area contributed by atoms with Crippen LogP contribution in [0.4, 0.5) is 5.69 Å². The molecule has 0 saturated carbocycles. The summed E-state index contributed by atoms with van der Waals surface area (Å²) >= 11 is 5.57. The number of imidazole rings is 1. The second kappa shape index (κ2) is 3.86. The zero-order chi connectivity index (χ0) is 10.8. The van der Waals surface area contributed by atoms with Gasteiger partial charge in [0.25, 0.3) is 5.69 Å². The molecule has 6 heteroatoms. The summed E-state index contributed by atoms with van der Waals surface area (Å²) in [6.45, 7) is 0. The molecule has 0 fully saturated rings. The molecule has 2 rings (SSSR count). The average molecular weight is 226 g/mol. The zero-order valence-electron chi connectivity index (χ0n) is 7.74. The number of aromatic nitrogens is 2. The van der Waals surface area contributed by atoms with Gasteiger partial charge in [-0.3, -0.25) is 10.1 Å². The molecule has 0 atom stereocenters. The van der Waals surface area contributed by atoms with Gasteiger partial charge < -0.3 is 4.98 Å². The minimum absolute atomic E-state index is 0.0181. The molecule has 0 aliphatic carbocycles. The first-order valence-corrected chi connectivity index (χ1v) is 4.94. The number of aromatic amines is 1. The first-order valence-electron chi connectivity index (χ1n) is 4.40. The molecule has 1 aromatic carbocycles. The van der Waals surface area contributed by atoms with Crippen LogP contribution in [0.3, 0.4) is 0 Å². The van der Waals surface area contributed by atoms with Gasteiger partial charge >= 0.3 is 0 Å². The summed E-state index contributed by atoms with van der Waals surface area (Å²) in [4.78, 5) is 17.4. The van der Waals surface area contributed by atoms with E-state index in [2.05, 4.69) is 9.97 Å². The maximum Gasteiger partial charge on any atom is 0.297 e. The van der Waals surface area contributed by atoms with Gasteiger partial charge in [0.2, 0.25) is 0 Å². The molecule has 0 unspecified atom stereocenters. The van der Waals surface area contributed by atoms with Crippen molar-refractivity contribution < 1.29 is 4.92 Å². The Morgan fingerprint density at radius 3 is 3.00 bits per heavy atom. The summed E-state index contributed by atoms with van der Waals surface area (Å²) in [5.74, 6) is 1.11. The second-order valence-electron chi connectivity index (χ2n) is 3.05. The van der Waals surface area contributed by atoms with Gasteiger partial charge in [0.05, 0.1) is 10.4 Å². The second-order valence-corrected chi connectivity index (χ2v) is 3.43. The van der Waals surface area contributed by atoms with Crippen molar-refractivity contribution in [3.05, 3.63) is 34.1 Å². The van der Waals surface area contributed by atoms with Crippen LogP contribution < -0.4 is 0 Å². The maximum atomic E-state index is 10.7. The molecule has 0 aliphatic rings. The number of fused-ring (bicyclic) bond motifs is 1. The molecule has 0 bridgehead atoms. The number of benzene rings is 1. The molecule has 5 nitrogen and oxygen atoms in total. The number of nitrogens with one attached hydrogen (secondary N) is 1. The number of nitro groups is 1. The molecule has 1 aromatic heterocycles. The van der Waals surface area contributed by atoms with Crippen molar-refractivity contribution in [3.63, 3.8) is 0 Å². The van der Waals surface area contributed by atoms with Crippen molar-refractivity contribution in [1.29, 1.82) is 0 Å². The van der Waals surface area contributed by atoms with E-state index < -0.39 is 4.92 Å². The monoisotopic (exact) mass is 225 g/mol. The van der Waals surface area contributed by atoms with E-state index in [0.29, 0.717) is 29.2 Å². The Hall–Kier alpha value is -1.62. The number of nitrogens with zero attached hydrogens (tertiary/aromatic N) is 2. The van der Waals surface area contributed by atoms with E-state index in [4.69, 9.17) is 11.6 Å². The highest BCUT2D eigenvalue weighted by Crippen LogP contribution is 2.23. The van der Waals surface area contributed by atoms with Crippen LogP contribution in [0.5, 0.6) is 0 Å². The molecule has 0 radical (unpaired) electrons. The van der Waals surface area contributed by atoms with Gasteiger partial charge in [0, 0.05) is 18.4 Å². The minimum Gasteiger partial charge on any atom is -0.342 e. The van der Waals surface area contributed by atoms with Gasteiger partial charge in [-0.2, -0.15) is 0 Å². The molecule has 0 aliphatic heterocycles. The fraction of sp³-hybridized carbons (Fsp3) is 0.222. The van der Waals surface area contributed by atoms with Crippen molar-refractivity contribution in [2.75, 3.05) is 5.88 Å². The lowest BCUT2D eigenvalue weighted by Crippen LogP contribution is -1.89. The number of hydrogen-bond acceptors (Lipinski definition) is 3. The van der Waals surface area contributed by atoms with Crippen LogP contribution in [0.15, 0.2) is 18.2 Å². The van der Waals surface area contributed by atoms with Crippen molar-refractivity contribution in [2.45, 2.75) is 6.42 Å². The SMILES string of the molecule is O=[N+]([O-])c1cccc2[nH]c(CCCl)nc12. The third kappa shape index (κ3) is 1.78. The smallest absolute Gasteiger partial charge is 0.297 e. The number of alkyl halides is 1. The molecule has 1 heterocycles. The summed E-state index contributed by atoms with van der Waals surface area (Å²) < 4.78 is 0. The highest BCUT2D eigenvalue weighted by Gasteiger charge is 2.14. The molecule has 78 valence electrons. The molecule has 1 N–H and O–H groups in total. The fourth-order valence-electron chi connectivity index (χ4n) is 1.42. The van der Waals surface area contributed by atoms with E-state index in [1.54, 1.807) is 12.1 Å². The molecule has 15 heavy (non-hydrogen) atoms. The van der Waals surface area contributed by atoms with Gasteiger partial charge in [-0.15, -0.1) is 11.6 Å². The maximum absolute atomic E-state index is 10.7. The van der Waals surface area contributed by atoms with Crippen LogP contribution in [0.25, 0.3) is 11.0 Å². The van der Waals surface area contributed by atoms with Crippen molar-refractivity contribution in [2.24, 2.45) is 0 Å². The summed E-state index contributed by atoms with van der Waals surface area (Å²) in [5.41, 5.74) is 1.08. The van der Waals surface area contributed by atoms with Crippen LogP contribution in [0.2, 0.25) is 0 Å². The van der Waals surface area contributed by atoms with Crippen LogP contribution in [0, 0.1) is 10.1 Å². The largest absolute Gasteiger partial charge is 0.342 e. The molecule has 0 saturated heterocycles. The number of H-pyrrole nitrogens is 1. The van der Waals surface area contributed by atoms with Crippen molar-refractivity contribution in [1.82, 2.24) is 9.97 Å². The summed E-state index contributed by atoms with van der Waals surface area (Å²) in [7, 11) is 0. The first kappa shape index (κ1) is 9.92. The van der Waals surface area contributed by atoms with E-state index >= 15 is 0 Å². The Kier molecular flexibility index (Phi) is 2.55. The summed E-state index contributed by atoms with van der Waals surface area (Å²) in [6.07, 6.45) is 0.577. The third-order valence-corrected chi connectivity index (χ3v) is 2.26. The van der Waals surface area contributed by atoms with Crippen LogP contribution in [-0.2, 0) is 6.42 Å². The molecular formula is C9H8ClN3O2. The molecule has 2 aromatic rings. The molecule has 0 amide bonds. The van der Waals surface area contributed by atoms with Gasteiger partial charge in [-0.05, 0) is 6.07 Å². The van der Waals surface area contributed by atoms with E-state index in [1.807, 2.05) is 0 Å².